The van der Waals surface area contributed by atoms with E-state index in [1.165, 1.54) is 13.8 Å². The van der Waals surface area contributed by atoms with Crippen LogP contribution in [0.25, 0.3) is 0 Å². The number of ether oxygens (including phenoxy) is 1. The highest BCUT2D eigenvalue weighted by atomic mass is 31.2. The van der Waals surface area contributed by atoms with Crippen molar-refractivity contribution in [2.45, 2.75) is 52.1 Å². The smallest absolute Gasteiger partial charge is 0.345 e. The Morgan fingerprint density at radius 1 is 1.19 bits per heavy atom. The summed E-state index contributed by atoms with van der Waals surface area (Å²) < 4.78 is 40.2. The molecule has 0 aliphatic carbocycles. The fraction of sp³-hybridized carbons (Fsp3) is 0.833. The van der Waals surface area contributed by atoms with Crippen molar-refractivity contribution in [2.75, 3.05) is 13.2 Å². The first-order valence-electron chi connectivity index (χ1n) is 6.75. The molecule has 21 heavy (non-hydrogen) atoms. The second kappa shape index (κ2) is 9.87. The van der Waals surface area contributed by atoms with E-state index in [0.29, 0.717) is 6.42 Å². The Hall–Kier alpha value is -0.980. The second-order valence-electron chi connectivity index (χ2n) is 4.12. The molecular formula is C12H22FO7P. The molecule has 0 spiro atoms. The molecule has 0 fully saturated rings. The van der Waals surface area contributed by atoms with Gasteiger partial charge in [-0.25, -0.2) is 4.39 Å². The number of hydrogen-bond donors (Lipinski definition) is 1. The van der Waals surface area contributed by atoms with Crippen LogP contribution in [0.2, 0.25) is 0 Å². The first kappa shape index (κ1) is 20.0. The topological polar surface area (TPSA) is 99.1 Å². The lowest BCUT2D eigenvalue weighted by atomic mass is 10.3. The van der Waals surface area contributed by atoms with Crippen molar-refractivity contribution in [3.8, 4) is 0 Å². The Kier molecular flexibility index (Phi) is 9.41. The van der Waals surface area contributed by atoms with Crippen LogP contribution in [0.5, 0.6) is 0 Å². The lowest BCUT2D eigenvalue weighted by Crippen LogP contribution is -2.30. The van der Waals surface area contributed by atoms with E-state index in [0.717, 1.165) is 0 Å². The summed E-state index contributed by atoms with van der Waals surface area (Å²) in [6, 6.07) is 0. The van der Waals surface area contributed by atoms with Gasteiger partial charge < -0.3 is 18.9 Å². The third-order valence-electron chi connectivity index (χ3n) is 2.40. The number of rotatable bonds is 11. The number of aliphatic carboxylic acids is 1. The first-order valence-corrected chi connectivity index (χ1v) is 8.37. The summed E-state index contributed by atoms with van der Waals surface area (Å²) in [5, 5.41) is 8.84. The minimum absolute atomic E-state index is 0.0287. The Morgan fingerprint density at radius 3 is 2.10 bits per heavy atom. The molecule has 0 saturated heterocycles. The molecule has 0 bridgehead atoms. The molecule has 0 radical (unpaired) electrons. The number of halogens is 1. The van der Waals surface area contributed by atoms with E-state index in [2.05, 4.69) is 4.74 Å². The average Bonchev–Trinajstić information content (AvgIpc) is 2.36. The van der Waals surface area contributed by atoms with E-state index >= 15 is 0 Å². The predicted molar refractivity (Wildman–Crippen MR) is 72.8 cm³/mol. The maximum atomic E-state index is 13.3. The molecule has 0 aromatic rings. The van der Waals surface area contributed by atoms with Crippen molar-refractivity contribution >= 4 is 19.5 Å². The van der Waals surface area contributed by atoms with Gasteiger partial charge in [0.1, 0.15) is 0 Å². The number of carboxylic acid groups (broad SMARTS) is 1. The first-order chi connectivity index (χ1) is 9.80. The molecule has 2 unspecified atom stereocenters. The molecule has 0 aromatic heterocycles. The molecule has 0 heterocycles. The van der Waals surface area contributed by atoms with Crippen LogP contribution in [0.4, 0.5) is 4.39 Å². The Bertz CT molecular complexity index is 378. The lowest BCUT2D eigenvalue weighted by Gasteiger charge is -2.24. The third kappa shape index (κ3) is 7.02. The lowest BCUT2D eigenvalue weighted by molar-refractivity contribution is -0.160. The Morgan fingerprint density at radius 2 is 1.71 bits per heavy atom. The van der Waals surface area contributed by atoms with Gasteiger partial charge in [0.25, 0.3) is 0 Å². The quantitative estimate of drug-likeness (QED) is 0.460. The number of carbonyl (C=O) groups is 2. The van der Waals surface area contributed by atoms with Gasteiger partial charge in [-0.1, -0.05) is 6.92 Å². The third-order valence-corrected chi connectivity index (χ3v) is 4.79. The van der Waals surface area contributed by atoms with Gasteiger partial charge in [0.2, 0.25) is 6.36 Å². The van der Waals surface area contributed by atoms with E-state index in [1.807, 2.05) is 0 Å². The van der Waals surface area contributed by atoms with Crippen molar-refractivity contribution in [1.82, 2.24) is 0 Å². The number of carbonyl (C=O) groups excluding carboxylic acids is 1. The van der Waals surface area contributed by atoms with Crippen LogP contribution >= 0.6 is 7.60 Å². The summed E-state index contributed by atoms with van der Waals surface area (Å²) in [6.07, 6.45) is -2.30. The Balaban J connectivity index is 5.19. The summed E-state index contributed by atoms with van der Waals surface area (Å²) in [5.74, 6) is -2.62. The van der Waals surface area contributed by atoms with Crippen LogP contribution in [-0.2, 0) is 27.9 Å². The summed E-state index contributed by atoms with van der Waals surface area (Å²) in [5.41, 5.74) is -1.69. The molecule has 124 valence electrons. The van der Waals surface area contributed by atoms with Crippen LogP contribution < -0.4 is 0 Å². The highest BCUT2D eigenvalue weighted by Crippen LogP contribution is 2.54. The monoisotopic (exact) mass is 328 g/mol. The van der Waals surface area contributed by atoms with E-state index in [4.69, 9.17) is 14.2 Å². The van der Waals surface area contributed by atoms with E-state index in [9.17, 15) is 18.5 Å². The number of carboxylic acids is 1. The Labute approximate surface area is 123 Å². The van der Waals surface area contributed by atoms with Gasteiger partial charge in [-0.05, 0) is 20.3 Å². The van der Waals surface area contributed by atoms with Gasteiger partial charge in [-0.3, -0.25) is 14.2 Å². The summed E-state index contributed by atoms with van der Waals surface area (Å²) in [7, 11) is -4.04. The normalized spacial score (nSPS) is 14.5. The van der Waals surface area contributed by atoms with Crippen LogP contribution in [0, 0.1) is 0 Å². The summed E-state index contributed by atoms with van der Waals surface area (Å²) in [6.45, 7) is 4.64. The minimum atomic E-state index is -4.04. The van der Waals surface area contributed by atoms with Gasteiger partial charge in [-0.2, -0.15) is 0 Å². The highest BCUT2D eigenvalue weighted by molar-refractivity contribution is 7.55. The average molecular weight is 328 g/mol. The van der Waals surface area contributed by atoms with E-state index in [-0.39, 0.29) is 19.6 Å². The van der Waals surface area contributed by atoms with Crippen molar-refractivity contribution < 1.29 is 37.4 Å². The number of esters is 1. The minimum Gasteiger partial charge on any atom is -0.481 e. The molecule has 0 rings (SSSR count). The highest BCUT2D eigenvalue weighted by Gasteiger charge is 2.44. The van der Waals surface area contributed by atoms with Crippen molar-refractivity contribution in [3.63, 3.8) is 0 Å². The standard InChI is InChI=1S/C12H22FO7P/c1-4-7-10(13)20-12(16)9(8-11(14)15)21(17,18-5-2)19-6-3/h9-10H,4-8H2,1-3H3,(H,14,15). The molecule has 1 N–H and O–H groups in total. The zero-order chi connectivity index (χ0) is 16.5. The summed E-state index contributed by atoms with van der Waals surface area (Å²) >= 11 is 0. The van der Waals surface area contributed by atoms with Crippen LogP contribution in [-0.4, -0.2) is 42.3 Å². The molecule has 7 nitrogen and oxygen atoms in total. The molecular weight excluding hydrogens is 306 g/mol. The zero-order valence-electron chi connectivity index (χ0n) is 12.4. The largest absolute Gasteiger partial charge is 0.481 e. The molecule has 2 atom stereocenters. The summed E-state index contributed by atoms with van der Waals surface area (Å²) in [4.78, 5) is 22.7. The maximum Gasteiger partial charge on any atom is 0.345 e. The van der Waals surface area contributed by atoms with Gasteiger partial charge in [0, 0.05) is 6.42 Å². The maximum absolute atomic E-state index is 13.3. The number of hydrogen-bond acceptors (Lipinski definition) is 6. The fourth-order valence-electron chi connectivity index (χ4n) is 1.56. The van der Waals surface area contributed by atoms with Gasteiger partial charge in [-0.15, -0.1) is 0 Å². The van der Waals surface area contributed by atoms with Gasteiger partial charge >= 0.3 is 19.5 Å². The zero-order valence-corrected chi connectivity index (χ0v) is 13.3. The predicted octanol–water partition coefficient (Wildman–Crippen LogP) is 2.73. The van der Waals surface area contributed by atoms with Crippen LogP contribution in [0.1, 0.15) is 40.0 Å². The van der Waals surface area contributed by atoms with E-state index < -0.39 is 38.0 Å². The van der Waals surface area contributed by atoms with Crippen molar-refractivity contribution in [1.29, 1.82) is 0 Å². The molecule has 0 aliphatic heterocycles. The molecule has 0 aliphatic rings. The van der Waals surface area contributed by atoms with Crippen molar-refractivity contribution in [2.24, 2.45) is 0 Å². The SMILES string of the molecule is CCCC(F)OC(=O)C(CC(=O)O)P(=O)(OCC)OCC. The van der Waals surface area contributed by atoms with E-state index in [1.54, 1.807) is 6.92 Å². The van der Waals surface area contributed by atoms with Crippen molar-refractivity contribution in [3.05, 3.63) is 0 Å². The fourth-order valence-corrected chi connectivity index (χ4v) is 3.41. The molecule has 0 aromatic carbocycles. The van der Waals surface area contributed by atoms with Gasteiger partial charge in [0.15, 0.2) is 5.66 Å². The molecule has 9 heteroatoms. The second-order valence-corrected chi connectivity index (χ2v) is 6.34. The van der Waals surface area contributed by atoms with Gasteiger partial charge in [0.05, 0.1) is 19.6 Å². The molecule has 0 saturated carbocycles. The number of alkyl halides is 1. The molecule has 0 amide bonds. The van der Waals surface area contributed by atoms with Crippen LogP contribution in [0.15, 0.2) is 0 Å². The van der Waals surface area contributed by atoms with Crippen LogP contribution in [0.3, 0.4) is 0 Å².